The van der Waals surface area contributed by atoms with Gasteiger partial charge in [-0.05, 0) is 25.8 Å². The molecule has 0 bridgehead atoms. The van der Waals surface area contributed by atoms with E-state index in [9.17, 15) is 0 Å². The molecule has 108 valence electrons. The second-order valence-electron chi connectivity index (χ2n) is 6.42. The lowest BCUT2D eigenvalue weighted by Gasteiger charge is -2.49. The van der Waals surface area contributed by atoms with E-state index in [0.29, 0.717) is 12.0 Å². The van der Waals surface area contributed by atoms with E-state index in [1.807, 2.05) is 14.2 Å². The Kier molecular flexibility index (Phi) is 5.41. The van der Waals surface area contributed by atoms with Gasteiger partial charge in [0.25, 0.3) is 0 Å². The van der Waals surface area contributed by atoms with Gasteiger partial charge in [-0.25, -0.2) is 0 Å². The van der Waals surface area contributed by atoms with Crippen molar-refractivity contribution >= 4 is 8.72 Å². The highest BCUT2D eigenvalue weighted by Gasteiger charge is 2.58. The van der Waals surface area contributed by atoms with Gasteiger partial charge in [-0.3, -0.25) is 4.57 Å². The summed E-state index contributed by atoms with van der Waals surface area (Å²) in [4.78, 5) is 0. The highest BCUT2D eigenvalue weighted by molar-refractivity contribution is 6.67. The predicted molar refractivity (Wildman–Crippen MR) is 78.7 cm³/mol. The van der Waals surface area contributed by atoms with Crippen LogP contribution in [0.3, 0.4) is 0 Å². The van der Waals surface area contributed by atoms with E-state index in [2.05, 4.69) is 39.3 Å². The normalized spacial score (nSPS) is 19.2. The quantitative estimate of drug-likeness (QED) is 0.691. The third kappa shape index (κ3) is 2.53. The fraction of sp³-hybridized carbons (Fsp3) is 1.00. The standard InChI is InChI=1S/C14H31NO2Si/c1-12(2)14(3,4)18(16-6,17-7)15(5)13-10-8-9-11-13/h12-13H,8-11H2,1-7H3. The smallest absolute Gasteiger partial charge is 0.386 e. The Morgan fingerprint density at radius 1 is 1.11 bits per heavy atom. The number of rotatable bonds is 6. The first kappa shape index (κ1) is 16.2. The van der Waals surface area contributed by atoms with Crippen LogP contribution in [0.2, 0.25) is 5.04 Å². The van der Waals surface area contributed by atoms with Crippen LogP contribution in [0.25, 0.3) is 0 Å². The third-order valence-corrected chi connectivity index (χ3v) is 9.75. The molecule has 0 aromatic heterocycles. The molecule has 0 atom stereocenters. The van der Waals surface area contributed by atoms with E-state index < -0.39 is 8.72 Å². The van der Waals surface area contributed by atoms with Gasteiger partial charge in [0, 0.05) is 25.3 Å². The Hall–Kier alpha value is 0.0969. The summed E-state index contributed by atoms with van der Waals surface area (Å²) in [5.41, 5.74) is 0. The molecular formula is C14H31NO2Si. The molecule has 0 aromatic rings. The Labute approximate surface area is 114 Å². The van der Waals surface area contributed by atoms with Crippen LogP contribution in [-0.2, 0) is 8.85 Å². The summed E-state index contributed by atoms with van der Waals surface area (Å²) in [6.45, 7) is 9.12. The molecule has 0 aliphatic heterocycles. The Morgan fingerprint density at radius 2 is 1.56 bits per heavy atom. The van der Waals surface area contributed by atoms with Crippen molar-refractivity contribution in [3.63, 3.8) is 0 Å². The van der Waals surface area contributed by atoms with E-state index in [-0.39, 0.29) is 5.04 Å². The van der Waals surface area contributed by atoms with Crippen LogP contribution in [0.1, 0.15) is 53.4 Å². The van der Waals surface area contributed by atoms with Gasteiger partial charge in [0.15, 0.2) is 0 Å². The zero-order valence-corrected chi connectivity index (χ0v) is 14.2. The SMILES string of the molecule is CO[Si](OC)(N(C)C1CCCC1)C(C)(C)C(C)C. The van der Waals surface area contributed by atoms with Crippen molar-refractivity contribution < 1.29 is 8.85 Å². The van der Waals surface area contributed by atoms with Crippen molar-refractivity contribution in [3.8, 4) is 0 Å². The molecule has 4 heteroatoms. The number of nitrogens with zero attached hydrogens (tertiary/aromatic N) is 1. The molecule has 1 fully saturated rings. The summed E-state index contributed by atoms with van der Waals surface area (Å²) in [6, 6.07) is 0.634. The highest BCUT2D eigenvalue weighted by Crippen LogP contribution is 2.47. The van der Waals surface area contributed by atoms with Crippen molar-refractivity contribution in [1.82, 2.24) is 4.57 Å². The highest BCUT2D eigenvalue weighted by atomic mass is 28.4. The first-order chi connectivity index (χ1) is 8.33. The largest absolute Gasteiger partial charge is 0.433 e. The summed E-state index contributed by atoms with van der Waals surface area (Å²) >= 11 is 0. The van der Waals surface area contributed by atoms with E-state index in [4.69, 9.17) is 8.85 Å². The second kappa shape index (κ2) is 6.03. The molecule has 0 radical (unpaired) electrons. The van der Waals surface area contributed by atoms with Gasteiger partial charge in [-0.2, -0.15) is 0 Å². The molecule has 0 unspecified atom stereocenters. The zero-order chi connectivity index (χ0) is 14.0. The van der Waals surface area contributed by atoms with E-state index in [1.165, 1.54) is 25.7 Å². The van der Waals surface area contributed by atoms with Crippen molar-refractivity contribution in [3.05, 3.63) is 0 Å². The molecular weight excluding hydrogens is 242 g/mol. The van der Waals surface area contributed by atoms with Crippen LogP contribution in [0.4, 0.5) is 0 Å². The maximum absolute atomic E-state index is 6.03. The molecule has 3 nitrogen and oxygen atoms in total. The first-order valence-electron chi connectivity index (χ1n) is 7.16. The fourth-order valence-corrected chi connectivity index (χ4v) is 7.42. The van der Waals surface area contributed by atoms with E-state index in [1.54, 1.807) is 0 Å². The molecule has 0 N–H and O–H groups in total. The fourth-order valence-electron chi connectivity index (χ4n) is 3.25. The van der Waals surface area contributed by atoms with Crippen molar-refractivity contribution in [1.29, 1.82) is 0 Å². The number of hydrogen-bond acceptors (Lipinski definition) is 3. The molecule has 1 rings (SSSR count). The lowest BCUT2D eigenvalue weighted by Crippen LogP contribution is -2.66. The molecule has 0 saturated heterocycles. The minimum absolute atomic E-state index is 0.0633. The maximum Gasteiger partial charge on any atom is 0.433 e. The van der Waals surface area contributed by atoms with Crippen LogP contribution in [0.15, 0.2) is 0 Å². The van der Waals surface area contributed by atoms with Gasteiger partial charge >= 0.3 is 8.72 Å². The molecule has 1 saturated carbocycles. The Bertz CT molecular complexity index is 259. The van der Waals surface area contributed by atoms with Crippen LogP contribution in [0, 0.1) is 5.92 Å². The van der Waals surface area contributed by atoms with Gasteiger partial charge in [-0.1, -0.05) is 40.5 Å². The Morgan fingerprint density at radius 3 is 1.89 bits per heavy atom. The van der Waals surface area contributed by atoms with Gasteiger partial charge in [-0.15, -0.1) is 0 Å². The van der Waals surface area contributed by atoms with Crippen LogP contribution < -0.4 is 0 Å². The van der Waals surface area contributed by atoms with Crippen molar-refractivity contribution in [2.45, 2.75) is 64.5 Å². The van der Waals surface area contributed by atoms with Crippen LogP contribution in [0.5, 0.6) is 0 Å². The molecule has 18 heavy (non-hydrogen) atoms. The summed E-state index contributed by atoms with van der Waals surface area (Å²) in [5, 5.41) is 0.0633. The number of hydrogen-bond donors (Lipinski definition) is 0. The summed E-state index contributed by atoms with van der Waals surface area (Å²) < 4.78 is 14.5. The average Bonchev–Trinajstić information content (AvgIpc) is 2.83. The second-order valence-corrected chi connectivity index (χ2v) is 10.4. The van der Waals surface area contributed by atoms with Gasteiger partial charge < -0.3 is 8.85 Å². The van der Waals surface area contributed by atoms with E-state index >= 15 is 0 Å². The van der Waals surface area contributed by atoms with Gasteiger partial charge in [0.2, 0.25) is 0 Å². The lowest BCUT2D eigenvalue weighted by molar-refractivity contribution is 0.114. The van der Waals surface area contributed by atoms with Crippen LogP contribution >= 0.6 is 0 Å². The molecule has 0 heterocycles. The zero-order valence-electron chi connectivity index (χ0n) is 13.2. The predicted octanol–water partition coefficient (Wildman–Crippen LogP) is 3.53. The average molecular weight is 273 g/mol. The minimum atomic E-state index is -2.37. The topological polar surface area (TPSA) is 21.7 Å². The van der Waals surface area contributed by atoms with Crippen molar-refractivity contribution in [2.24, 2.45) is 5.92 Å². The monoisotopic (exact) mass is 273 g/mol. The van der Waals surface area contributed by atoms with E-state index in [0.717, 1.165) is 0 Å². The lowest BCUT2D eigenvalue weighted by atomic mass is 9.99. The summed E-state index contributed by atoms with van der Waals surface area (Å²) in [6.07, 6.45) is 5.25. The molecule has 0 amide bonds. The molecule has 0 spiro atoms. The minimum Gasteiger partial charge on any atom is -0.386 e. The maximum atomic E-state index is 6.03. The summed E-state index contributed by atoms with van der Waals surface area (Å²) in [7, 11) is 3.49. The van der Waals surface area contributed by atoms with Gasteiger partial charge in [0.1, 0.15) is 0 Å². The van der Waals surface area contributed by atoms with Crippen LogP contribution in [-0.4, -0.2) is 40.6 Å². The third-order valence-electron chi connectivity index (χ3n) is 5.15. The first-order valence-corrected chi connectivity index (χ1v) is 8.93. The van der Waals surface area contributed by atoms with Gasteiger partial charge in [0.05, 0.1) is 0 Å². The molecule has 1 aliphatic carbocycles. The van der Waals surface area contributed by atoms with Crippen molar-refractivity contribution in [2.75, 3.05) is 21.3 Å². The Balaban J connectivity index is 3.05. The molecule has 0 aromatic carbocycles. The summed E-state index contributed by atoms with van der Waals surface area (Å²) in [5.74, 6) is 0.535. The molecule has 1 aliphatic rings.